The standard InChI is InChI=1S/C29H41Si/c1-8-9-10-11-19-30(7)28-25-14-12-13-24(27(25)20-26(28)21(2)3)22-15-17-23(18-16-22)29(4,5)6/h12-18,20-21,28H,8-11,19H2,1-7H3. The Bertz CT molecular complexity index is 864. The molecule has 2 aromatic carbocycles. The van der Waals surface area contributed by atoms with E-state index in [1.807, 2.05) is 0 Å². The molecule has 1 unspecified atom stereocenters. The van der Waals surface area contributed by atoms with Crippen molar-refractivity contribution in [2.24, 2.45) is 5.92 Å². The molecule has 1 aliphatic rings. The van der Waals surface area contributed by atoms with Gasteiger partial charge in [0.05, 0.1) is 8.80 Å². The second-order valence-corrected chi connectivity index (χ2v) is 13.3. The maximum atomic E-state index is 2.58. The fourth-order valence-corrected chi connectivity index (χ4v) is 7.72. The lowest BCUT2D eigenvalue weighted by Gasteiger charge is -2.25. The Labute approximate surface area is 187 Å². The van der Waals surface area contributed by atoms with Gasteiger partial charge in [0.15, 0.2) is 0 Å². The van der Waals surface area contributed by atoms with Crippen LogP contribution in [0.15, 0.2) is 48.0 Å². The van der Waals surface area contributed by atoms with Crippen LogP contribution in [-0.4, -0.2) is 8.80 Å². The van der Waals surface area contributed by atoms with Crippen molar-refractivity contribution in [2.75, 3.05) is 0 Å². The molecule has 1 heteroatoms. The van der Waals surface area contributed by atoms with Gasteiger partial charge in [0, 0.05) is 0 Å². The van der Waals surface area contributed by atoms with Gasteiger partial charge in [-0.15, -0.1) is 0 Å². The lowest BCUT2D eigenvalue weighted by Crippen LogP contribution is -2.22. The lowest BCUT2D eigenvalue weighted by atomic mass is 9.86. The van der Waals surface area contributed by atoms with E-state index in [1.54, 1.807) is 11.1 Å². The minimum absolute atomic E-state index is 0.199. The van der Waals surface area contributed by atoms with E-state index in [0.717, 1.165) is 0 Å². The highest BCUT2D eigenvalue weighted by molar-refractivity contribution is 6.60. The van der Waals surface area contributed by atoms with Crippen molar-refractivity contribution in [3.8, 4) is 11.1 Å². The van der Waals surface area contributed by atoms with Crippen molar-refractivity contribution in [1.29, 1.82) is 0 Å². The summed E-state index contributed by atoms with van der Waals surface area (Å²) in [5.41, 5.74) is 9.82. The van der Waals surface area contributed by atoms with Gasteiger partial charge in [-0.3, -0.25) is 0 Å². The van der Waals surface area contributed by atoms with Gasteiger partial charge < -0.3 is 0 Å². The van der Waals surface area contributed by atoms with Crippen LogP contribution in [0.4, 0.5) is 0 Å². The van der Waals surface area contributed by atoms with Gasteiger partial charge in [-0.1, -0.05) is 134 Å². The highest BCUT2D eigenvalue weighted by atomic mass is 28.3. The molecule has 0 spiro atoms. The average molecular weight is 418 g/mol. The fourth-order valence-electron chi connectivity index (χ4n) is 4.85. The number of hydrogen-bond donors (Lipinski definition) is 0. The molecule has 1 radical (unpaired) electrons. The third-order valence-electron chi connectivity index (χ3n) is 6.74. The quantitative estimate of drug-likeness (QED) is 0.297. The van der Waals surface area contributed by atoms with E-state index in [4.69, 9.17) is 0 Å². The molecule has 3 rings (SSSR count). The van der Waals surface area contributed by atoms with E-state index in [2.05, 4.69) is 96.6 Å². The van der Waals surface area contributed by atoms with Crippen LogP contribution in [0, 0.1) is 5.92 Å². The molecule has 0 nitrogen and oxygen atoms in total. The molecule has 161 valence electrons. The Morgan fingerprint density at radius 2 is 1.63 bits per heavy atom. The molecule has 0 N–H and O–H groups in total. The summed E-state index contributed by atoms with van der Waals surface area (Å²) in [4.78, 5) is 0. The van der Waals surface area contributed by atoms with Gasteiger partial charge in [-0.2, -0.15) is 0 Å². The molecule has 1 aliphatic carbocycles. The first-order valence-corrected chi connectivity index (χ1v) is 14.3. The molecule has 0 amide bonds. The first kappa shape index (κ1) is 23.1. The highest BCUT2D eigenvalue weighted by Gasteiger charge is 2.33. The van der Waals surface area contributed by atoms with Crippen molar-refractivity contribution < 1.29 is 0 Å². The summed E-state index contributed by atoms with van der Waals surface area (Å²) in [5.74, 6) is 0.620. The van der Waals surface area contributed by atoms with Crippen molar-refractivity contribution in [2.45, 2.75) is 90.8 Å². The lowest BCUT2D eigenvalue weighted by molar-refractivity contribution is 0.590. The van der Waals surface area contributed by atoms with Crippen LogP contribution in [-0.2, 0) is 5.41 Å². The van der Waals surface area contributed by atoms with Gasteiger partial charge >= 0.3 is 0 Å². The van der Waals surface area contributed by atoms with Crippen LogP contribution in [0.25, 0.3) is 17.2 Å². The first-order valence-electron chi connectivity index (χ1n) is 12.0. The summed E-state index contributed by atoms with van der Waals surface area (Å²) in [6, 6.07) is 17.8. The largest absolute Gasteiger partial charge is 0.0703 e. The molecule has 0 saturated carbocycles. The molecule has 0 saturated heterocycles. The Morgan fingerprint density at radius 1 is 0.933 bits per heavy atom. The second-order valence-electron chi connectivity index (χ2n) is 10.5. The molecule has 0 aliphatic heterocycles. The molecular formula is C29H41Si. The Balaban J connectivity index is 1.94. The molecule has 0 fully saturated rings. The number of hydrogen-bond acceptors (Lipinski definition) is 0. The zero-order valence-electron chi connectivity index (χ0n) is 20.3. The Kier molecular flexibility index (Phi) is 7.45. The second kappa shape index (κ2) is 9.69. The Morgan fingerprint density at radius 3 is 2.23 bits per heavy atom. The monoisotopic (exact) mass is 417 g/mol. The summed E-state index contributed by atoms with van der Waals surface area (Å²) in [5, 5.41) is 0. The normalized spacial score (nSPS) is 16.3. The zero-order valence-corrected chi connectivity index (χ0v) is 21.3. The third kappa shape index (κ3) is 4.99. The van der Waals surface area contributed by atoms with E-state index >= 15 is 0 Å². The maximum Gasteiger partial charge on any atom is 0.0584 e. The van der Waals surface area contributed by atoms with Gasteiger partial charge in [0.1, 0.15) is 0 Å². The van der Waals surface area contributed by atoms with Crippen LogP contribution in [0.5, 0.6) is 0 Å². The molecular weight excluding hydrogens is 376 g/mol. The van der Waals surface area contributed by atoms with Gasteiger partial charge in [0.2, 0.25) is 0 Å². The van der Waals surface area contributed by atoms with Crippen molar-refractivity contribution in [1.82, 2.24) is 0 Å². The maximum absolute atomic E-state index is 2.58. The summed E-state index contributed by atoms with van der Waals surface area (Å²) >= 11 is 0. The van der Waals surface area contributed by atoms with Crippen molar-refractivity contribution in [3.05, 3.63) is 64.7 Å². The molecule has 0 heterocycles. The predicted molar refractivity (Wildman–Crippen MR) is 137 cm³/mol. The van der Waals surface area contributed by atoms with Gasteiger partial charge in [-0.05, 0) is 44.7 Å². The minimum atomic E-state index is -0.444. The van der Waals surface area contributed by atoms with Crippen LogP contribution >= 0.6 is 0 Å². The molecule has 0 bridgehead atoms. The SMILES string of the molecule is CCCCCC[Si](C)C1C(C(C)C)=Cc2c(-c3ccc(C(C)(C)C)cc3)cccc21. The van der Waals surface area contributed by atoms with Crippen LogP contribution < -0.4 is 0 Å². The van der Waals surface area contributed by atoms with Crippen molar-refractivity contribution >= 4 is 14.9 Å². The van der Waals surface area contributed by atoms with E-state index < -0.39 is 8.80 Å². The molecule has 1 atom stereocenters. The average Bonchev–Trinajstić information content (AvgIpc) is 3.10. The minimum Gasteiger partial charge on any atom is -0.0703 e. The summed E-state index contributed by atoms with van der Waals surface area (Å²) < 4.78 is 0. The number of benzene rings is 2. The van der Waals surface area contributed by atoms with Crippen molar-refractivity contribution in [3.63, 3.8) is 0 Å². The summed E-state index contributed by atoms with van der Waals surface area (Å²) in [7, 11) is -0.444. The zero-order chi connectivity index (χ0) is 21.9. The van der Waals surface area contributed by atoms with E-state index in [1.165, 1.54) is 54.0 Å². The van der Waals surface area contributed by atoms with Crippen LogP contribution in [0.1, 0.15) is 89.5 Å². The molecule has 2 aromatic rings. The number of fused-ring (bicyclic) bond motifs is 1. The highest BCUT2D eigenvalue weighted by Crippen LogP contribution is 2.46. The first-order chi connectivity index (χ1) is 14.2. The Hall–Kier alpha value is -1.60. The predicted octanol–water partition coefficient (Wildman–Crippen LogP) is 9.03. The summed E-state index contributed by atoms with van der Waals surface area (Å²) in [6.45, 7) is 16.5. The summed E-state index contributed by atoms with van der Waals surface area (Å²) in [6.07, 6.45) is 8.07. The topological polar surface area (TPSA) is 0 Å². The van der Waals surface area contributed by atoms with E-state index in [0.29, 0.717) is 11.5 Å². The fraction of sp³-hybridized carbons (Fsp3) is 0.517. The molecule has 30 heavy (non-hydrogen) atoms. The van der Waals surface area contributed by atoms with E-state index in [-0.39, 0.29) is 5.41 Å². The van der Waals surface area contributed by atoms with Gasteiger partial charge in [0.25, 0.3) is 0 Å². The molecule has 0 aromatic heterocycles. The van der Waals surface area contributed by atoms with Gasteiger partial charge in [-0.25, -0.2) is 0 Å². The number of allylic oxidation sites excluding steroid dienone is 1. The smallest absolute Gasteiger partial charge is 0.0584 e. The number of rotatable bonds is 8. The van der Waals surface area contributed by atoms with E-state index in [9.17, 15) is 0 Å². The van der Waals surface area contributed by atoms with Crippen LogP contribution in [0.2, 0.25) is 12.6 Å². The number of unbranched alkanes of at least 4 members (excludes halogenated alkanes) is 3. The van der Waals surface area contributed by atoms with Crippen LogP contribution in [0.3, 0.4) is 0 Å². The third-order valence-corrected chi connectivity index (χ3v) is 9.51.